The van der Waals surface area contributed by atoms with Gasteiger partial charge in [-0.1, -0.05) is 72.8 Å². The van der Waals surface area contributed by atoms with Crippen molar-refractivity contribution in [1.29, 1.82) is 0 Å². The number of para-hydroxylation sites is 2. The number of anilines is 3. The van der Waals surface area contributed by atoms with E-state index in [-0.39, 0.29) is 0 Å². The van der Waals surface area contributed by atoms with Gasteiger partial charge >= 0.3 is 0 Å². The zero-order valence-corrected chi connectivity index (χ0v) is 14.3. The van der Waals surface area contributed by atoms with E-state index in [0.29, 0.717) is 0 Å². The molecule has 0 saturated heterocycles. The molecule has 26 heavy (non-hydrogen) atoms. The highest BCUT2D eigenvalue weighted by molar-refractivity contribution is 5.94. The Bertz CT molecular complexity index is 942. The standard InChI is InChI=1S/C22H20N4/c23-26(22-17-9-11-18-10-7-8-16-21(18)22)24-25(19-12-3-1-4-13-19)20-14-5-2-6-15-20/h1-17,24H,23H2. The van der Waals surface area contributed by atoms with Crippen molar-refractivity contribution in [3.8, 4) is 0 Å². The van der Waals surface area contributed by atoms with Gasteiger partial charge in [-0.25, -0.2) is 11.0 Å². The monoisotopic (exact) mass is 340 g/mol. The first-order chi connectivity index (χ1) is 12.8. The van der Waals surface area contributed by atoms with Crippen molar-refractivity contribution in [3.05, 3.63) is 103 Å². The van der Waals surface area contributed by atoms with Crippen LogP contribution in [0.2, 0.25) is 0 Å². The fraction of sp³-hybridized carbons (Fsp3) is 0. The van der Waals surface area contributed by atoms with Crippen LogP contribution in [0.1, 0.15) is 0 Å². The summed E-state index contributed by atoms with van der Waals surface area (Å²) < 4.78 is 0. The molecule has 0 radical (unpaired) electrons. The number of nitrogens with zero attached hydrogens (tertiary/aromatic N) is 2. The lowest BCUT2D eigenvalue weighted by atomic mass is 10.1. The molecule has 0 bridgehead atoms. The molecule has 0 spiro atoms. The Balaban J connectivity index is 1.71. The van der Waals surface area contributed by atoms with Crippen LogP contribution < -0.4 is 21.5 Å². The maximum absolute atomic E-state index is 6.42. The Labute approximate surface area is 153 Å². The third-order valence-corrected chi connectivity index (χ3v) is 4.26. The molecular weight excluding hydrogens is 320 g/mol. The summed E-state index contributed by atoms with van der Waals surface area (Å²) in [7, 11) is 0. The highest BCUT2D eigenvalue weighted by Gasteiger charge is 2.13. The van der Waals surface area contributed by atoms with Gasteiger partial charge in [-0.2, -0.15) is 0 Å². The summed E-state index contributed by atoms with van der Waals surface area (Å²) in [6.07, 6.45) is 0. The number of hydrogen-bond donors (Lipinski definition) is 2. The molecular formula is C22H20N4. The number of hydrazine groups is 3. The average Bonchev–Trinajstić information content (AvgIpc) is 2.72. The van der Waals surface area contributed by atoms with Gasteiger partial charge in [0.25, 0.3) is 0 Å². The lowest BCUT2D eigenvalue weighted by Gasteiger charge is -2.31. The summed E-state index contributed by atoms with van der Waals surface area (Å²) in [6.45, 7) is 0. The maximum atomic E-state index is 6.42. The third kappa shape index (κ3) is 3.24. The first-order valence-corrected chi connectivity index (χ1v) is 8.52. The molecule has 4 heteroatoms. The van der Waals surface area contributed by atoms with Gasteiger partial charge in [0.2, 0.25) is 0 Å². The van der Waals surface area contributed by atoms with E-state index >= 15 is 0 Å². The Morgan fingerprint density at radius 3 is 1.77 bits per heavy atom. The van der Waals surface area contributed by atoms with Crippen molar-refractivity contribution in [3.63, 3.8) is 0 Å². The predicted molar refractivity (Wildman–Crippen MR) is 109 cm³/mol. The predicted octanol–water partition coefficient (Wildman–Crippen LogP) is 4.78. The van der Waals surface area contributed by atoms with E-state index in [1.54, 1.807) is 5.12 Å². The van der Waals surface area contributed by atoms with Crippen LogP contribution in [0.25, 0.3) is 10.8 Å². The van der Waals surface area contributed by atoms with Crippen molar-refractivity contribution in [2.24, 2.45) is 5.84 Å². The molecule has 0 unspecified atom stereocenters. The zero-order valence-electron chi connectivity index (χ0n) is 14.3. The fourth-order valence-corrected chi connectivity index (χ4v) is 3.00. The van der Waals surface area contributed by atoms with E-state index in [1.165, 1.54) is 0 Å². The van der Waals surface area contributed by atoms with Crippen LogP contribution >= 0.6 is 0 Å². The fourth-order valence-electron chi connectivity index (χ4n) is 3.00. The van der Waals surface area contributed by atoms with Gasteiger partial charge in [-0.05, 0) is 35.7 Å². The maximum Gasteiger partial charge on any atom is 0.0796 e. The molecule has 0 amide bonds. The molecule has 0 aliphatic heterocycles. The molecule has 128 valence electrons. The Morgan fingerprint density at radius 1 is 0.577 bits per heavy atom. The summed E-state index contributed by atoms with van der Waals surface area (Å²) >= 11 is 0. The van der Waals surface area contributed by atoms with Gasteiger partial charge in [0.1, 0.15) is 0 Å². The zero-order chi connectivity index (χ0) is 17.8. The summed E-state index contributed by atoms with van der Waals surface area (Å²) in [5, 5.41) is 5.75. The van der Waals surface area contributed by atoms with Gasteiger partial charge in [0.05, 0.1) is 17.1 Å². The summed E-state index contributed by atoms with van der Waals surface area (Å²) in [4.78, 5) is 0. The van der Waals surface area contributed by atoms with Gasteiger partial charge < -0.3 is 0 Å². The van der Waals surface area contributed by atoms with E-state index in [9.17, 15) is 0 Å². The second-order valence-corrected chi connectivity index (χ2v) is 5.97. The van der Waals surface area contributed by atoms with Crippen LogP contribution in [-0.2, 0) is 0 Å². The molecule has 0 aromatic heterocycles. The van der Waals surface area contributed by atoms with Gasteiger partial charge in [-0.3, -0.25) is 5.01 Å². The van der Waals surface area contributed by atoms with Gasteiger partial charge in [0.15, 0.2) is 0 Å². The number of rotatable bonds is 5. The molecule has 3 N–H and O–H groups in total. The highest BCUT2D eigenvalue weighted by Crippen LogP contribution is 2.27. The number of benzene rings is 4. The topological polar surface area (TPSA) is 44.5 Å². The van der Waals surface area contributed by atoms with E-state index in [2.05, 4.69) is 23.7 Å². The lowest BCUT2D eigenvalue weighted by molar-refractivity contribution is 0.656. The van der Waals surface area contributed by atoms with Gasteiger partial charge in [-0.15, -0.1) is 5.53 Å². The number of nitrogens with two attached hydrogens (primary N) is 1. The van der Waals surface area contributed by atoms with Crippen molar-refractivity contribution >= 4 is 27.8 Å². The van der Waals surface area contributed by atoms with E-state index in [4.69, 9.17) is 5.84 Å². The quantitative estimate of drug-likeness (QED) is 0.405. The minimum Gasteiger partial charge on any atom is -0.258 e. The molecule has 4 rings (SSSR count). The third-order valence-electron chi connectivity index (χ3n) is 4.26. The number of hydrogen-bond acceptors (Lipinski definition) is 4. The van der Waals surface area contributed by atoms with Crippen LogP contribution in [-0.4, -0.2) is 0 Å². The van der Waals surface area contributed by atoms with Crippen LogP contribution in [0.15, 0.2) is 103 Å². The summed E-state index contributed by atoms with van der Waals surface area (Å²) in [5.41, 5.74) is 6.19. The molecule has 0 atom stereocenters. The second-order valence-electron chi connectivity index (χ2n) is 5.97. The summed E-state index contributed by atoms with van der Waals surface area (Å²) in [6, 6.07) is 34.5. The van der Waals surface area contributed by atoms with Crippen LogP contribution in [0.4, 0.5) is 17.1 Å². The van der Waals surface area contributed by atoms with Crippen molar-refractivity contribution < 1.29 is 0 Å². The van der Waals surface area contributed by atoms with Crippen LogP contribution in [0.5, 0.6) is 0 Å². The minimum atomic E-state index is 0.903. The average molecular weight is 340 g/mol. The Kier molecular flexibility index (Phi) is 4.51. The first-order valence-electron chi connectivity index (χ1n) is 8.52. The molecule has 4 aromatic rings. The SMILES string of the molecule is NN(NN(c1ccccc1)c1ccccc1)c1cccc2ccccc12. The lowest BCUT2D eigenvalue weighted by Crippen LogP contribution is -2.52. The molecule has 0 aliphatic carbocycles. The number of nitrogens with one attached hydrogen (secondary N) is 1. The normalized spacial score (nSPS) is 10.7. The minimum absolute atomic E-state index is 0.903. The van der Waals surface area contributed by atoms with E-state index in [1.807, 2.05) is 89.9 Å². The molecule has 0 heterocycles. The van der Waals surface area contributed by atoms with Crippen LogP contribution in [0, 0.1) is 0 Å². The van der Waals surface area contributed by atoms with Crippen molar-refractivity contribution in [2.45, 2.75) is 0 Å². The summed E-state index contributed by atoms with van der Waals surface area (Å²) in [5.74, 6) is 6.42. The van der Waals surface area contributed by atoms with E-state index in [0.717, 1.165) is 27.8 Å². The molecule has 0 fully saturated rings. The largest absolute Gasteiger partial charge is 0.258 e. The smallest absolute Gasteiger partial charge is 0.0796 e. The second kappa shape index (κ2) is 7.27. The van der Waals surface area contributed by atoms with Crippen LogP contribution in [0.3, 0.4) is 0 Å². The van der Waals surface area contributed by atoms with Crippen molar-refractivity contribution in [2.75, 3.05) is 10.1 Å². The first kappa shape index (κ1) is 16.1. The Morgan fingerprint density at radius 2 is 1.12 bits per heavy atom. The molecule has 4 aromatic carbocycles. The molecule has 0 saturated carbocycles. The molecule has 4 nitrogen and oxygen atoms in total. The van der Waals surface area contributed by atoms with Gasteiger partial charge in [0, 0.05) is 5.39 Å². The van der Waals surface area contributed by atoms with Crippen molar-refractivity contribution in [1.82, 2.24) is 5.53 Å². The molecule has 0 aliphatic rings. The highest BCUT2D eigenvalue weighted by atomic mass is 15.8. The number of fused-ring (bicyclic) bond motifs is 1. The Hall–Kier alpha value is -3.34. The van der Waals surface area contributed by atoms with E-state index < -0.39 is 0 Å².